The third-order valence-electron chi connectivity index (χ3n) is 3.29. The number of nitrogens with zero attached hydrogens (tertiary/aromatic N) is 3. The Bertz CT molecular complexity index is 727. The van der Waals surface area contributed by atoms with Crippen molar-refractivity contribution in [2.45, 2.75) is 19.8 Å². The van der Waals surface area contributed by atoms with Crippen LogP contribution >= 0.6 is 11.8 Å². The number of hydrogen-bond acceptors (Lipinski definition) is 7. The molecule has 0 bridgehead atoms. The van der Waals surface area contributed by atoms with Crippen LogP contribution in [-0.4, -0.2) is 40.1 Å². The predicted octanol–water partition coefficient (Wildman–Crippen LogP) is 2.29. The van der Waals surface area contributed by atoms with E-state index in [1.165, 1.54) is 0 Å². The molecule has 1 aliphatic rings. The molecule has 3 rings (SSSR count). The van der Waals surface area contributed by atoms with Crippen molar-refractivity contribution in [3.05, 3.63) is 30.2 Å². The number of aromatic nitrogens is 2. The lowest BCUT2D eigenvalue weighted by Gasteiger charge is -2.02. The molecule has 1 aromatic carbocycles. The van der Waals surface area contributed by atoms with Crippen molar-refractivity contribution in [3.63, 3.8) is 0 Å². The molecule has 2 heterocycles. The fourth-order valence-electron chi connectivity index (χ4n) is 2.15. The topological polar surface area (TPSA) is 89.6 Å². The first kappa shape index (κ1) is 16.5. The molecule has 0 unspecified atom stereocenters. The maximum Gasteiger partial charge on any atom is 0.227 e. The maximum atomic E-state index is 11.8. The van der Waals surface area contributed by atoms with E-state index < -0.39 is 0 Å². The van der Waals surface area contributed by atoms with Crippen LogP contribution in [0.2, 0.25) is 0 Å². The maximum absolute atomic E-state index is 11.8. The van der Waals surface area contributed by atoms with Crippen molar-refractivity contribution in [2.24, 2.45) is 4.99 Å². The van der Waals surface area contributed by atoms with Crippen molar-refractivity contribution in [3.8, 4) is 17.1 Å². The first-order chi connectivity index (χ1) is 11.7. The highest BCUT2D eigenvalue weighted by Gasteiger charge is 2.13. The normalized spacial score (nSPS) is 13.6. The summed E-state index contributed by atoms with van der Waals surface area (Å²) in [5.74, 6) is 2.57. The van der Waals surface area contributed by atoms with E-state index in [9.17, 15) is 4.79 Å². The minimum Gasteiger partial charge on any atom is -0.494 e. The monoisotopic (exact) mass is 346 g/mol. The minimum absolute atomic E-state index is 0.0935. The molecule has 0 radical (unpaired) electrons. The molecule has 0 saturated heterocycles. The molecular formula is C16H18N4O3S. The number of amides is 1. The minimum atomic E-state index is -0.0935. The number of rotatable bonds is 6. The van der Waals surface area contributed by atoms with Gasteiger partial charge >= 0.3 is 0 Å². The highest BCUT2D eigenvalue weighted by molar-refractivity contribution is 8.14. The Kier molecular flexibility index (Phi) is 5.47. The Morgan fingerprint density at radius 1 is 1.38 bits per heavy atom. The second-order valence-corrected chi connectivity index (χ2v) is 6.14. The summed E-state index contributed by atoms with van der Waals surface area (Å²) >= 11 is 1.55. The van der Waals surface area contributed by atoms with Crippen LogP contribution in [0.1, 0.15) is 19.2 Å². The summed E-state index contributed by atoms with van der Waals surface area (Å²) in [4.78, 5) is 20.3. The lowest BCUT2D eigenvalue weighted by atomic mass is 10.2. The molecule has 1 aliphatic heterocycles. The van der Waals surface area contributed by atoms with Gasteiger partial charge in [-0.3, -0.25) is 9.79 Å². The first-order valence-corrected chi connectivity index (χ1v) is 8.76. The van der Waals surface area contributed by atoms with E-state index in [4.69, 9.17) is 9.26 Å². The van der Waals surface area contributed by atoms with Gasteiger partial charge in [0, 0.05) is 24.2 Å². The van der Waals surface area contributed by atoms with Crippen LogP contribution in [0.4, 0.5) is 0 Å². The van der Waals surface area contributed by atoms with Crippen LogP contribution in [-0.2, 0) is 11.2 Å². The molecule has 0 atom stereocenters. The SMILES string of the molecule is CCOc1ccc(-c2noc(CCC(=O)NC3=NCCS3)n2)cc1. The molecule has 1 aromatic heterocycles. The number of nitrogens with one attached hydrogen (secondary N) is 1. The number of hydrogen-bond donors (Lipinski definition) is 1. The molecular weight excluding hydrogens is 328 g/mol. The van der Waals surface area contributed by atoms with Gasteiger partial charge in [0.05, 0.1) is 13.2 Å². The van der Waals surface area contributed by atoms with Crippen molar-refractivity contribution in [1.82, 2.24) is 15.5 Å². The zero-order valence-electron chi connectivity index (χ0n) is 13.3. The Morgan fingerprint density at radius 3 is 2.92 bits per heavy atom. The van der Waals surface area contributed by atoms with Gasteiger partial charge in [-0.25, -0.2) is 0 Å². The number of aliphatic imine (C=N–C) groups is 1. The van der Waals surface area contributed by atoms with Gasteiger partial charge < -0.3 is 14.6 Å². The summed E-state index contributed by atoms with van der Waals surface area (Å²) in [6.07, 6.45) is 0.679. The molecule has 0 spiro atoms. The number of amidine groups is 1. The van der Waals surface area contributed by atoms with Crippen molar-refractivity contribution < 1.29 is 14.1 Å². The van der Waals surface area contributed by atoms with Crippen molar-refractivity contribution >= 4 is 22.8 Å². The van der Waals surface area contributed by atoms with Crippen LogP contribution < -0.4 is 10.1 Å². The molecule has 2 aromatic rings. The van der Waals surface area contributed by atoms with Gasteiger partial charge in [0.15, 0.2) is 5.17 Å². The van der Waals surface area contributed by atoms with E-state index in [0.29, 0.717) is 29.9 Å². The summed E-state index contributed by atoms with van der Waals surface area (Å²) in [5.41, 5.74) is 0.842. The van der Waals surface area contributed by atoms with Gasteiger partial charge in [-0.15, -0.1) is 0 Å². The lowest BCUT2D eigenvalue weighted by molar-refractivity contribution is -0.119. The molecule has 0 saturated carbocycles. The molecule has 126 valence electrons. The summed E-state index contributed by atoms with van der Waals surface area (Å²) in [5, 5.41) is 7.43. The first-order valence-electron chi connectivity index (χ1n) is 7.77. The van der Waals surface area contributed by atoms with Gasteiger partial charge in [-0.05, 0) is 31.2 Å². The van der Waals surface area contributed by atoms with Crippen molar-refractivity contribution in [1.29, 1.82) is 0 Å². The molecule has 0 fully saturated rings. The largest absolute Gasteiger partial charge is 0.494 e. The third kappa shape index (κ3) is 4.35. The van der Waals surface area contributed by atoms with E-state index in [-0.39, 0.29) is 12.3 Å². The van der Waals surface area contributed by atoms with Gasteiger partial charge in [0.2, 0.25) is 17.6 Å². The van der Waals surface area contributed by atoms with Gasteiger partial charge in [0.25, 0.3) is 0 Å². The Labute approximate surface area is 143 Å². The quantitative estimate of drug-likeness (QED) is 0.863. The molecule has 1 amide bonds. The van der Waals surface area contributed by atoms with Crippen LogP contribution in [0.5, 0.6) is 5.75 Å². The van der Waals surface area contributed by atoms with E-state index in [1.54, 1.807) is 11.8 Å². The van der Waals surface area contributed by atoms with E-state index >= 15 is 0 Å². The van der Waals surface area contributed by atoms with Gasteiger partial charge in [-0.1, -0.05) is 16.9 Å². The number of carbonyl (C=O) groups excluding carboxylic acids is 1. The fraction of sp³-hybridized carbons (Fsp3) is 0.375. The fourth-order valence-corrected chi connectivity index (χ4v) is 2.90. The van der Waals surface area contributed by atoms with Crippen LogP contribution in [0.3, 0.4) is 0 Å². The van der Waals surface area contributed by atoms with Crippen LogP contribution in [0, 0.1) is 0 Å². The highest BCUT2D eigenvalue weighted by atomic mass is 32.2. The zero-order chi connectivity index (χ0) is 16.8. The van der Waals surface area contributed by atoms with E-state index in [0.717, 1.165) is 23.6 Å². The Balaban J connectivity index is 1.54. The van der Waals surface area contributed by atoms with Crippen LogP contribution in [0.25, 0.3) is 11.4 Å². The number of ether oxygens (including phenoxy) is 1. The van der Waals surface area contributed by atoms with Crippen molar-refractivity contribution in [2.75, 3.05) is 18.9 Å². The summed E-state index contributed by atoms with van der Waals surface area (Å²) in [6, 6.07) is 7.48. The molecule has 7 nitrogen and oxygen atoms in total. The summed E-state index contributed by atoms with van der Waals surface area (Å²) in [7, 11) is 0. The molecule has 24 heavy (non-hydrogen) atoms. The zero-order valence-corrected chi connectivity index (χ0v) is 14.1. The van der Waals surface area contributed by atoms with Crippen LogP contribution in [0.15, 0.2) is 33.8 Å². The second kappa shape index (κ2) is 7.96. The summed E-state index contributed by atoms with van der Waals surface area (Å²) < 4.78 is 10.6. The Hall–Kier alpha value is -2.35. The number of benzene rings is 1. The average molecular weight is 346 g/mol. The van der Waals surface area contributed by atoms with Gasteiger partial charge in [0.1, 0.15) is 5.75 Å². The lowest BCUT2D eigenvalue weighted by Crippen LogP contribution is -2.27. The predicted molar refractivity (Wildman–Crippen MR) is 92.1 cm³/mol. The molecule has 8 heteroatoms. The number of thioether (sulfide) groups is 1. The molecule has 0 aliphatic carbocycles. The number of aryl methyl sites for hydroxylation is 1. The standard InChI is InChI=1S/C16H18N4O3S/c1-2-22-12-5-3-11(4-6-12)15-19-14(23-20-15)8-7-13(21)18-16-17-9-10-24-16/h3-6H,2,7-10H2,1H3,(H,17,18,21). The summed E-state index contributed by atoms with van der Waals surface area (Å²) in [6.45, 7) is 3.32. The second-order valence-electron chi connectivity index (χ2n) is 5.05. The number of carbonyl (C=O) groups is 1. The van der Waals surface area contributed by atoms with E-state index in [2.05, 4.69) is 20.4 Å². The van der Waals surface area contributed by atoms with E-state index in [1.807, 2.05) is 31.2 Å². The Morgan fingerprint density at radius 2 is 2.21 bits per heavy atom. The average Bonchev–Trinajstić information content (AvgIpc) is 3.26. The highest BCUT2D eigenvalue weighted by Crippen LogP contribution is 2.20. The smallest absolute Gasteiger partial charge is 0.227 e. The van der Waals surface area contributed by atoms with Gasteiger partial charge in [-0.2, -0.15) is 4.98 Å². The molecule has 1 N–H and O–H groups in total. The third-order valence-corrected chi connectivity index (χ3v) is 4.18.